The summed E-state index contributed by atoms with van der Waals surface area (Å²) < 4.78 is 0.291. The molecule has 0 aliphatic carbocycles. The van der Waals surface area contributed by atoms with Crippen molar-refractivity contribution >= 4 is 23.5 Å². The lowest BCUT2D eigenvalue weighted by Crippen LogP contribution is -2.34. The second kappa shape index (κ2) is 7.58. The summed E-state index contributed by atoms with van der Waals surface area (Å²) >= 11 is 3.76. The topological polar surface area (TPSA) is 40.5 Å². The van der Waals surface area contributed by atoms with Gasteiger partial charge in [0, 0.05) is 5.92 Å². The number of benzene rings is 1. The Balaban J connectivity index is 2.16. The SMILES string of the molecule is CC[C@H](O)[C@H](C1SCCCS1)[C@H](O)c1ccccc1. The van der Waals surface area contributed by atoms with E-state index < -0.39 is 12.2 Å². The molecule has 2 rings (SSSR count). The predicted molar refractivity (Wildman–Crippen MR) is 84.5 cm³/mol. The number of hydrogen-bond acceptors (Lipinski definition) is 4. The predicted octanol–water partition coefficient (Wildman–Crippen LogP) is 3.30. The van der Waals surface area contributed by atoms with E-state index in [1.54, 1.807) is 0 Å². The van der Waals surface area contributed by atoms with Crippen molar-refractivity contribution in [2.45, 2.75) is 36.6 Å². The molecule has 0 bridgehead atoms. The van der Waals surface area contributed by atoms with Gasteiger partial charge in [-0.2, -0.15) is 0 Å². The van der Waals surface area contributed by atoms with E-state index in [2.05, 4.69) is 0 Å². The second-order valence-electron chi connectivity index (χ2n) is 4.87. The van der Waals surface area contributed by atoms with Crippen LogP contribution in [0.2, 0.25) is 0 Å². The van der Waals surface area contributed by atoms with Crippen molar-refractivity contribution in [1.29, 1.82) is 0 Å². The zero-order valence-electron chi connectivity index (χ0n) is 11.2. The molecule has 4 heteroatoms. The van der Waals surface area contributed by atoms with Gasteiger partial charge in [0.2, 0.25) is 0 Å². The Labute approximate surface area is 124 Å². The molecular weight excluding hydrogens is 276 g/mol. The zero-order valence-corrected chi connectivity index (χ0v) is 12.9. The molecule has 0 radical (unpaired) electrons. The molecule has 0 saturated carbocycles. The van der Waals surface area contributed by atoms with Crippen molar-refractivity contribution in [1.82, 2.24) is 0 Å². The minimum atomic E-state index is -0.584. The average molecular weight is 298 g/mol. The highest BCUT2D eigenvalue weighted by atomic mass is 32.2. The molecule has 0 aromatic heterocycles. The van der Waals surface area contributed by atoms with E-state index in [1.807, 2.05) is 60.8 Å². The molecule has 2 nitrogen and oxygen atoms in total. The molecule has 19 heavy (non-hydrogen) atoms. The van der Waals surface area contributed by atoms with Gasteiger partial charge in [-0.05, 0) is 29.9 Å². The van der Waals surface area contributed by atoms with Crippen LogP contribution in [0, 0.1) is 5.92 Å². The fourth-order valence-electron chi connectivity index (χ4n) is 2.41. The van der Waals surface area contributed by atoms with E-state index in [0.29, 0.717) is 11.0 Å². The highest BCUT2D eigenvalue weighted by Crippen LogP contribution is 2.43. The first kappa shape index (κ1) is 15.2. The van der Waals surface area contributed by atoms with Crippen LogP contribution in [0.25, 0.3) is 0 Å². The van der Waals surface area contributed by atoms with Crippen LogP contribution in [0.3, 0.4) is 0 Å². The summed E-state index contributed by atoms with van der Waals surface area (Å²) in [5.41, 5.74) is 0.909. The quantitative estimate of drug-likeness (QED) is 0.875. The van der Waals surface area contributed by atoms with Crippen LogP contribution in [0.1, 0.15) is 31.4 Å². The lowest BCUT2D eigenvalue weighted by atomic mass is 9.91. The van der Waals surface area contributed by atoms with Gasteiger partial charge in [-0.25, -0.2) is 0 Å². The van der Waals surface area contributed by atoms with Gasteiger partial charge in [-0.1, -0.05) is 37.3 Å². The first-order valence-electron chi connectivity index (χ1n) is 6.88. The Morgan fingerprint density at radius 3 is 2.37 bits per heavy atom. The molecule has 1 aliphatic heterocycles. The van der Waals surface area contributed by atoms with Gasteiger partial charge >= 0.3 is 0 Å². The maximum absolute atomic E-state index is 10.6. The van der Waals surface area contributed by atoms with Crippen LogP contribution in [0.15, 0.2) is 30.3 Å². The Kier molecular flexibility index (Phi) is 6.07. The van der Waals surface area contributed by atoms with Crippen molar-refractivity contribution in [3.8, 4) is 0 Å². The largest absolute Gasteiger partial charge is 0.393 e. The molecule has 1 aliphatic rings. The number of rotatable bonds is 5. The number of thioether (sulfide) groups is 2. The van der Waals surface area contributed by atoms with Crippen LogP contribution in [0.4, 0.5) is 0 Å². The van der Waals surface area contributed by atoms with E-state index in [4.69, 9.17) is 0 Å². The molecule has 3 atom stereocenters. The normalized spacial score (nSPS) is 21.8. The first-order valence-corrected chi connectivity index (χ1v) is 8.98. The fourth-order valence-corrected chi connectivity index (χ4v) is 5.75. The Hall–Kier alpha value is -0.160. The monoisotopic (exact) mass is 298 g/mol. The van der Waals surface area contributed by atoms with Crippen molar-refractivity contribution in [2.24, 2.45) is 5.92 Å². The second-order valence-corrected chi connectivity index (χ2v) is 7.67. The molecule has 1 heterocycles. The van der Waals surface area contributed by atoms with Crippen molar-refractivity contribution in [2.75, 3.05) is 11.5 Å². The maximum Gasteiger partial charge on any atom is 0.0861 e. The van der Waals surface area contributed by atoms with Gasteiger partial charge in [0.15, 0.2) is 0 Å². The van der Waals surface area contributed by atoms with Gasteiger partial charge < -0.3 is 10.2 Å². The molecule has 2 N–H and O–H groups in total. The Bertz CT molecular complexity index is 366. The third-order valence-electron chi connectivity index (χ3n) is 3.54. The summed E-state index contributed by atoms with van der Waals surface area (Å²) in [4.78, 5) is 0. The van der Waals surface area contributed by atoms with Crippen molar-refractivity contribution in [3.05, 3.63) is 35.9 Å². The van der Waals surface area contributed by atoms with E-state index in [-0.39, 0.29) is 5.92 Å². The summed E-state index contributed by atoms with van der Waals surface area (Å²) in [6.45, 7) is 1.98. The molecule has 0 amide bonds. The molecule has 1 fully saturated rings. The highest BCUT2D eigenvalue weighted by molar-refractivity contribution is 8.17. The van der Waals surface area contributed by atoms with Crippen LogP contribution in [0.5, 0.6) is 0 Å². The third kappa shape index (κ3) is 3.91. The molecule has 0 spiro atoms. The minimum absolute atomic E-state index is 0.0947. The minimum Gasteiger partial charge on any atom is -0.393 e. The van der Waals surface area contributed by atoms with Gasteiger partial charge in [-0.15, -0.1) is 23.5 Å². The lowest BCUT2D eigenvalue weighted by molar-refractivity contribution is 0.0179. The van der Waals surface area contributed by atoms with Gasteiger partial charge in [0.25, 0.3) is 0 Å². The standard InChI is InChI=1S/C15H22O2S2/c1-2-12(16)13(15-18-9-6-10-19-15)14(17)11-7-4-3-5-8-11/h3-5,7-8,12-17H,2,6,9-10H2,1H3/t12-,13-,14+/m0/s1. The van der Waals surface area contributed by atoms with Gasteiger partial charge in [0.05, 0.1) is 16.8 Å². The number of aliphatic hydroxyl groups is 2. The first-order chi connectivity index (χ1) is 9.24. The Morgan fingerprint density at radius 1 is 1.16 bits per heavy atom. The molecule has 106 valence electrons. The van der Waals surface area contributed by atoms with Crippen molar-refractivity contribution < 1.29 is 10.2 Å². The zero-order chi connectivity index (χ0) is 13.7. The summed E-state index contributed by atoms with van der Waals surface area (Å²) in [6, 6.07) is 9.71. The van der Waals surface area contributed by atoms with Gasteiger partial charge in [-0.3, -0.25) is 0 Å². The molecular formula is C15H22O2S2. The maximum atomic E-state index is 10.6. The molecule has 0 unspecified atom stereocenters. The van der Waals surface area contributed by atoms with E-state index >= 15 is 0 Å². The average Bonchev–Trinajstić information content (AvgIpc) is 2.49. The van der Waals surface area contributed by atoms with Crippen LogP contribution in [-0.2, 0) is 0 Å². The van der Waals surface area contributed by atoms with E-state index in [1.165, 1.54) is 6.42 Å². The van der Waals surface area contributed by atoms with Crippen LogP contribution >= 0.6 is 23.5 Å². The Morgan fingerprint density at radius 2 is 1.79 bits per heavy atom. The smallest absolute Gasteiger partial charge is 0.0861 e. The lowest BCUT2D eigenvalue weighted by Gasteiger charge is -2.35. The molecule has 1 aromatic carbocycles. The fraction of sp³-hybridized carbons (Fsp3) is 0.600. The summed E-state index contributed by atoms with van der Waals surface area (Å²) in [6.07, 6.45) is 0.881. The van der Waals surface area contributed by atoms with Crippen molar-refractivity contribution in [3.63, 3.8) is 0 Å². The molecule has 1 saturated heterocycles. The van der Waals surface area contributed by atoms with Gasteiger partial charge in [0.1, 0.15) is 0 Å². The van der Waals surface area contributed by atoms with E-state index in [0.717, 1.165) is 17.1 Å². The third-order valence-corrected chi connectivity index (χ3v) is 6.69. The number of hydrogen-bond donors (Lipinski definition) is 2. The highest BCUT2D eigenvalue weighted by Gasteiger charge is 2.36. The summed E-state index contributed by atoms with van der Waals surface area (Å²) in [5, 5.41) is 21.0. The molecule has 1 aromatic rings. The summed E-state index contributed by atoms with van der Waals surface area (Å²) in [7, 11) is 0. The van der Waals surface area contributed by atoms with E-state index in [9.17, 15) is 10.2 Å². The number of aliphatic hydroxyl groups excluding tert-OH is 2. The summed E-state index contributed by atoms with van der Waals surface area (Å²) in [5.74, 6) is 2.17. The van der Waals surface area contributed by atoms with Crippen LogP contribution in [-0.4, -0.2) is 32.4 Å². The van der Waals surface area contributed by atoms with Crippen LogP contribution < -0.4 is 0 Å².